The van der Waals surface area contributed by atoms with Crippen LogP contribution in [-0.4, -0.2) is 40.1 Å². The van der Waals surface area contributed by atoms with Gasteiger partial charge < -0.3 is 14.8 Å². The van der Waals surface area contributed by atoms with E-state index in [4.69, 9.17) is 9.47 Å². The summed E-state index contributed by atoms with van der Waals surface area (Å²) in [6.07, 6.45) is 0. The summed E-state index contributed by atoms with van der Waals surface area (Å²) in [6, 6.07) is 11.7. The fourth-order valence-electron chi connectivity index (χ4n) is 2.51. The second kappa shape index (κ2) is 7.96. The standard InChI is InChI=1S/C17H17N3O6S/c1-25-12-5-7-13(8-6-12)26-14-4-2-3-11(9-14)20(27(23)24)10-15-16(21)19-17(22)18-15/h2-9,15,27H,10H2,1H3,(H2,18,19,21,22)/t15-/m0/s1. The third-order valence-corrected chi connectivity index (χ3v) is 4.61. The van der Waals surface area contributed by atoms with Gasteiger partial charge in [-0.25, -0.2) is 13.2 Å². The molecule has 3 rings (SSSR count). The van der Waals surface area contributed by atoms with E-state index in [0.29, 0.717) is 22.9 Å². The molecule has 2 N–H and O–H groups in total. The highest BCUT2D eigenvalue weighted by Crippen LogP contribution is 2.27. The molecule has 1 aliphatic heterocycles. The van der Waals surface area contributed by atoms with Gasteiger partial charge in [0.15, 0.2) is 0 Å². The molecular weight excluding hydrogens is 374 g/mol. The van der Waals surface area contributed by atoms with Crippen LogP contribution in [0.2, 0.25) is 0 Å². The highest BCUT2D eigenvalue weighted by Gasteiger charge is 2.32. The number of ether oxygens (including phenoxy) is 2. The molecule has 1 heterocycles. The molecule has 9 nitrogen and oxygen atoms in total. The number of anilines is 1. The van der Waals surface area contributed by atoms with Crippen molar-refractivity contribution in [3.05, 3.63) is 48.5 Å². The molecule has 3 amide bonds. The van der Waals surface area contributed by atoms with E-state index in [1.807, 2.05) is 0 Å². The molecule has 0 spiro atoms. The van der Waals surface area contributed by atoms with E-state index in [-0.39, 0.29) is 6.54 Å². The number of hydrogen-bond acceptors (Lipinski definition) is 6. The number of nitrogens with zero attached hydrogens (tertiary/aromatic N) is 1. The van der Waals surface area contributed by atoms with Crippen LogP contribution in [0.5, 0.6) is 17.2 Å². The second-order valence-electron chi connectivity index (χ2n) is 5.61. The number of nitrogens with one attached hydrogen (secondary N) is 2. The first-order chi connectivity index (χ1) is 13.0. The van der Waals surface area contributed by atoms with Crippen LogP contribution in [0.4, 0.5) is 10.5 Å². The van der Waals surface area contributed by atoms with Gasteiger partial charge in [-0.15, -0.1) is 0 Å². The van der Waals surface area contributed by atoms with Crippen LogP contribution in [0.3, 0.4) is 0 Å². The maximum absolute atomic E-state index is 11.7. The Bertz CT molecular complexity index is 921. The lowest BCUT2D eigenvalue weighted by Gasteiger charge is -2.20. The minimum Gasteiger partial charge on any atom is -0.497 e. The number of rotatable bonds is 7. The predicted molar refractivity (Wildman–Crippen MR) is 97.6 cm³/mol. The van der Waals surface area contributed by atoms with Crippen molar-refractivity contribution in [1.82, 2.24) is 10.6 Å². The van der Waals surface area contributed by atoms with Gasteiger partial charge in [0.1, 0.15) is 23.3 Å². The average Bonchev–Trinajstić information content (AvgIpc) is 2.97. The lowest BCUT2D eigenvalue weighted by Crippen LogP contribution is -2.41. The molecule has 0 saturated carbocycles. The van der Waals surface area contributed by atoms with Crippen molar-refractivity contribution >= 4 is 28.5 Å². The number of methoxy groups -OCH3 is 1. The molecule has 1 fully saturated rings. The van der Waals surface area contributed by atoms with Gasteiger partial charge in [-0.05, 0) is 36.4 Å². The van der Waals surface area contributed by atoms with Gasteiger partial charge in [-0.1, -0.05) is 6.07 Å². The third-order valence-electron chi connectivity index (χ3n) is 3.82. The first-order valence-electron chi connectivity index (χ1n) is 7.91. The molecule has 0 unspecified atom stereocenters. The first kappa shape index (κ1) is 18.5. The molecule has 0 aliphatic carbocycles. The number of thiol groups is 1. The molecule has 0 aromatic heterocycles. The van der Waals surface area contributed by atoms with E-state index >= 15 is 0 Å². The highest BCUT2D eigenvalue weighted by molar-refractivity contribution is 7.74. The number of urea groups is 1. The number of carbonyl (C=O) groups excluding carboxylic acids is 2. The minimum atomic E-state index is -3.04. The zero-order valence-corrected chi connectivity index (χ0v) is 15.1. The Labute approximate surface area is 157 Å². The van der Waals surface area contributed by atoms with Crippen molar-refractivity contribution in [2.45, 2.75) is 6.04 Å². The van der Waals surface area contributed by atoms with Crippen molar-refractivity contribution in [2.75, 3.05) is 18.0 Å². The van der Waals surface area contributed by atoms with Gasteiger partial charge >= 0.3 is 6.03 Å². The number of hydrogen-bond donors (Lipinski definition) is 3. The Hall–Kier alpha value is -3.27. The Morgan fingerprint density at radius 3 is 2.33 bits per heavy atom. The third kappa shape index (κ3) is 4.47. The Kier molecular flexibility index (Phi) is 5.46. The summed E-state index contributed by atoms with van der Waals surface area (Å²) in [5.74, 6) is 1.07. The van der Waals surface area contributed by atoms with Crippen LogP contribution in [0.1, 0.15) is 0 Å². The Morgan fingerprint density at radius 2 is 1.74 bits per heavy atom. The van der Waals surface area contributed by atoms with Gasteiger partial charge in [-0.2, -0.15) is 0 Å². The van der Waals surface area contributed by atoms with Crippen LogP contribution < -0.4 is 24.4 Å². The number of carbonyl (C=O) groups is 2. The van der Waals surface area contributed by atoms with Crippen molar-refractivity contribution in [2.24, 2.45) is 0 Å². The van der Waals surface area contributed by atoms with Crippen molar-refractivity contribution in [1.29, 1.82) is 0 Å². The van der Waals surface area contributed by atoms with Gasteiger partial charge in [0, 0.05) is 6.07 Å². The second-order valence-corrected chi connectivity index (χ2v) is 6.57. The largest absolute Gasteiger partial charge is 0.497 e. The fourth-order valence-corrected chi connectivity index (χ4v) is 3.12. The first-order valence-corrected chi connectivity index (χ1v) is 9.04. The van der Waals surface area contributed by atoms with Crippen molar-refractivity contribution in [3.8, 4) is 17.2 Å². The van der Waals surface area contributed by atoms with E-state index in [9.17, 15) is 18.0 Å². The Morgan fingerprint density at radius 1 is 1.04 bits per heavy atom. The SMILES string of the molecule is COc1ccc(Oc2cccc(N(C[C@@H]3NC(=O)NC3=O)[SH](=O)=O)c2)cc1. The smallest absolute Gasteiger partial charge is 0.322 e. The number of benzene rings is 2. The number of imide groups is 1. The molecular formula is C17H17N3O6S. The average molecular weight is 391 g/mol. The lowest BCUT2D eigenvalue weighted by molar-refractivity contribution is -0.119. The van der Waals surface area contributed by atoms with Gasteiger partial charge in [-0.3, -0.25) is 14.4 Å². The zero-order valence-electron chi connectivity index (χ0n) is 14.2. The molecule has 1 saturated heterocycles. The van der Waals surface area contributed by atoms with Crippen LogP contribution in [-0.2, 0) is 15.7 Å². The molecule has 0 radical (unpaired) electrons. The molecule has 2 aromatic carbocycles. The summed E-state index contributed by atoms with van der Waals surface area (Å²) in [5, 5.41) is 4.44. The lowest BCUT2D eigenvalue weighted by atomic mass is 10.2. The zero-order chi connectivity index (χ0) is 19.4. The molecule has 27 heavy (non-hydrogen) atoms. The van der Waals surface area contributed by atoms with E-state index in [1.165, 1.54) is 6.07 Å². The maximum atomic E-state index is 11.7. The summed E-state index contributed by atoms with van der Waals surface area (Å²) in [4.78, 5) is 22.9. The maximum Gasteiger partial charge on any atom is 0.322 e. The fraction of sp³-hybridized carbons (Fsp3) is 0.176. The normalized spacial score (nSPS) is 16.0. The summed E-state index contributed by atoms with van der Waals surface area (Å²) in [7, 11) is -1.48. The Balaban J connectivity index is 1.78. The molecule has 1 aliphatic rings. The molecule has 1 atom stereocenters. The van der Waals surface area contributed by atoms with Gasteiger partial charge in [0.05, 0.1) is 19.3 Å². The van der Waals surface area contributed by atoms with Gasteiger partial charge in [0.2, 0.25) is 10.9 Å². The van der Waals surface area contributed by atoms with Crippen molar-refractivity contribution in [3.63, 3.8) is 0 Å². The number of amides is 3. The van der Waals surface area contributed by atoms with Crippen LogP contribution in [0, 0.1) is 0 Å². The monoisotopic (exact) mass is 391 g/mol. The molecule has 10 heteroatoms. The molecule has 0 bridgehead atoms. The van der Waals surface area contributed by atoms with Crippen LogP contribution in [0.15, 0.2) is 48.5 Å². The molecule has 142 valence electrons. The van der Waals surface area contributed by atoms with Crippen molar-refractivity contribution < 1.29 is 27.5 Å². The van der Waals surface area contributed by atoms with E-state index < -0.39 is 28.9 Å². The predicted octanol–water partition coefficient (Wildman–Crippen LogP) is 1.03. The summed E-state index contributed by atoms with van der Waals surface area (Å²) in [6.45, 7) is -0.220. The van der Waals surface area contributed by atoms with Gasteiger partial charge in [0.25, 0.3) is 5.91 Å². The summed E-state index contributed by atoms with van der Waals surface area (Å²) >= 11 is 0. The summed E-state index contributed by atoms with van der Waals surface area (Å²) < 4.78 is 35.2. The minimum absolute atomic E-state index is 0.220. The van der Waals surface area contributed by atoms with Crippen LogP contribution in [0.25, 0.3) is 0 Å². The molecule has 2 aromatic rings. The van der Waals surface area contributed by atoms with E-state index in [0.717, 1.165) is 4.31 Å². The van der Waals surface area contributed by atoms with E-state index in [1.54, 1.807) is 49.6 Å². The van der Waals surface area contributed by atoms with Crippen LogP contribution >= 0.6 is 0 Å². The quantitative estimate of drug-likeness (QED) is 0.480. The highest BCUT2D eigenvalue weighted by atomic mass is 32.2. The van der Waals surface area contributed by atoms with E-state index in [2.05, 4.69) is 10.6 Å². The topological polar surface area (TPSA) is 114 Å². The summed E-state index contributed by atoms with van der Waals surface area (Å²) in [5.41, 5.74) is 0.311.